The van der Waals surface area contributed by atoms with Crippen LogP contribution in [0.15, 0.2) is 83.6 Å². The number of ether oxygens (including phenoxy) is 1. The second-order valence-corrected chi connectivity index (χ2v) is 9.18. The summed E-state index contributed by atoms with van der Waals surface area (Å²) in [7, 11) is 1.67. The smallest absolute Gasteiger partial charge is 0.196 e. The number of pyridine rings is 1. The highest BCUT2D eigenvalue weighted by atomic mass is 32.2. The number of aromatic nitrogens is 5. The Morgan fingerprint density at radius 2 is 1.79 bits per heavy atom. The van der Waals surface area contributed by atoms with Gasteiger partial charge in [-0.25, -0.2) is 4.98 Å². The van der Waals surface area contributed by atoms with Gasteiger partial charge in [-0.2, -0.15) is 0 Å². The van der Waals surface area contributed by atoms with Crippen molar-refractivity contribution in [2.75, 3.05) is 7.11 Å². The molecule has 0 unspecified atom stereocenters. The van der Waals surface area contributed by atoms with Crippen molar-refractivity contribution in [2.24, 2.45) is 0 Å². The maximum atomic E-state index is 5.34. The normalized spacial score (nSPS) is 11.0. The van der Waals surface area contributed by atoms with Gasteiger partial charge in [-0.3, -0.25) is 9.55 Å². The first kappa shape index (κ1) is 21.4. The van der Waals surface area contributed by atoms with E-state index in [9.17, 15) is 0 Å². The van der Waals surface area contributed by atoms with Crippen LogP contribution in [-0.2, 0) is 5.75 Å². The van der Waals surface area contributed by atoms with Crippen LogP contribution in [0.2, 0.25) is 0 Å². The topological polar surface area (TPSA) is 65.7 Å². The minimum atomic E-state index is 0.695. The lowest BCUT2D eigenvalue weighted by atomic mass is 10.2. The van der Waals surface area contributed by atoms with Crippen LogP contribution in [-0.4, -0.2) is 31.8 Å². The third kappa shape index (κ3) is 4.67. The van der Waals surface area contributed by atoms with Gasteiger partial charge in [0.2, 0.25) is 0 Å². The molecule has 0 aliphatic heterocycles. The summed E-state index contributed by atoms with van der Waals surface area (Å²) in [6, 6.07) is 20.3. The summed E-state index contributed by atoms with van der Waals surface area (Å²) in [6.07, 6.45) is 3.54. The summed E-state index contributed by atoms with van der Waals surface area (Å²) in [4.78, 5) is 8.95. The average Bonchev–Trinajstić information content (AvgIpc) is 3.51. The van der Waals surface area contributed by atoms with Crippen LogP contribution in [0.1, 0.15) is 11.3 Å². The van der Waals surface area contributed by atoms with Crippen molar-refractivity contribution in [1.29, 1.82) is 0 Å². The van der Waals surface area contributed by atoms with Gasteiger partial charge in [-0.05, 0) is 43.3 Å². The Morgan fingerprint density at radius 1 is 0.970 bits per heavy atom. The lowest BCUT2D eigenvalue weighted by Gasteiger charge is -2.10. The lowest BCUT2D eigenvalue weighted by Crippen LogP contribution is -2.00. The fraction of sp³-hybridized carbons (Fsp3) is 0.120. The molecule has 0 aliphatic rings. The third-order valence-electron chi connectivity index (χ3n) is 5.08. The summed E-state index contributed by atoms with van der Waals surface area (Å²) in [5, 5.41) is 12.9. The van der Waals surface area contributed by atoms with Gasteiger partial charge < -0.3 is 4.74 Å². The van der Waals surface area contributed by atoms with Gasteiger partial charge in [-0.1, -0.05) is 41.6 Å². The first-order chi connectivity index (χ1) is 16.2. The quantitative estimate of drug-likeness (QED) is 0.269. The molecule has 3 heterocycles. The second-order valence-electron chi connectivity index (χ2n) is 7.38. The van der Waals surface area contributed by atoms with Gasteiger partial charge in [0.15, 0.2) is 11.0 Å². The maximum Gasteiger partial charge on any atom is 0.196 e. The standard InChI is InChI=1S/C25H21N5OS2/c1-17-6-8-21(9-7-17)30-23(18-10-12-26-13-11-18)28-29-25(30)33-16-20-15-32-24(27-20)19-4-3-5-22(14-19)31-2/h3-15H,16H2,1-2H3. The Kier molecular flexibility index (Phi) is 6.19. The van der Waals surface area contributed by atoms with E-state index in [4.69, 9.17) is 9.72 Å². The van der Waals surface area contributed by atoms with Gasteiger partial charge in [0.1, 0.15) is 10.8 Å². The SMILES string of the molecule is COc1cccc(-c2nc(CSc3nnc(-c4ccncc4)n3-c3ccc(C)cc3)cs2)c1. The molecule has 0 saturated heterocycles. The largest absolute Gasteiger partial charge is 0.497 e. The van der Waals surface area contributed by atoms with Crippen LogP contribution in [0.4, 0.5) is 0 Å². The van der Waals surface area contributed by atoms with E-state index >= 15 is 0 Å². The Morgan fingerprint density at radius 3 is 2.58 bits per heavy atom. The number of nitrogens with zero attached hydrogens (tertiary/aromatic N) is 5. The average molecular weight is 472 g/mol. The fourth-order valence-electron chi connectivity index (χ4n) is 3.38. The van der Waals surface area contributed by atoms with E-state index in [0.29, 0.717) is 5.75 Å². The van der Waals surface area contributed by atoms with Crippen molar-refractivity contribution in [1.82, 2.24) is 24.7 Å². The molecule has 3 aromatic heterocycles. The highest BCUT2D eigenvalue weighted by molar-refractivity contribution is 7.98. The molecule has 5 rings (SSSR count). The number of thioether (sulfide) groups is 1. The molecule has 6 nitrogen and oxygen atoms in total. The molecular formula is C25H21N5OS2. The third-order valence-corrected chi connectivity index (χ3v) is 6.98. The van der Waals surface area contributed by atoms with Crippen molar-refractivity contribution in [3.63, 3.8) is 0 Å². The van der Waals surface area contributed by atoms with Gasteiger partial charge in [0.25, 0.3) is 0 Å². The molecule has 2 aromatic carbocycles. The van der Waals surface area contributed by atoms with Crippen molar-refractivity contribution in [3.8, 4) is 33.4 Å². The summed E-state index contributed by atoms with van der Waals surface area (Å²) < 4.78 is 7.43. The van der Waals surface area contributed by atoms with E-state index in [2.05, 4.69) is 56.3 Å². The molecule has 5 aromatic rings. The predicted octanol–water partition coefficient (Wildman–Crippen LogP) is 6.06. The molecule has 0 aliphatic carbocycles. The first-order valence-corrected chi connectivity index (χ1v) is 12.2. The van der Waals surface area contributed by atoms with Crippen LogP contribution in [0, 0.1) is 6.92 Å². The Bertz CT molecular complexity index is 1360. The molecule has 0 saturated carbocycles. The second kappa shape index (κ2) is 9.56. The molecule has 0 atom stereocenters. The number of thiazole rings is 1. The van der Waals surface area contributed by atoms with Gasteiger partial charge in [0, 0.05) is 40.3 Å². The van der Waals surface area contributed by atoms with E-state index in [1.54, 1.807) is 42.6 Å². The summed E-state index contributed by atoms with van der Waals surface area (Å²) >= 11 is 3.26. The number of hydrogen-bond donors (Lipinski definition) is 0. The van der Waals surface area contributed by atoms with Crippen molar-refractivity contribution < 1.29 is 4.74 Å². The Labute approximate surface area is 200 Å². The van der Waals surface area contributed by atoms with Gasteiger partial charge in [-0.15, -0.1) is 21.5 Å². The zero-order valence-corrected chi connectivity index (χ0v) is 19.8. The predicted molar refractivity (Wildman–Crippen MR) is 133 cm³/mol. The molecule has 0 bridgehead atoms. The zero-order chi connectivity index (χ0) is 22.6. The molecular weight excluding hydrogens is 450 g/mol. The van der Waals surface area contributed by atoms with Crippen LogP contribution >= 0.6 is 23.1 Å². The highest BCUT2D eigenvalue weighted by Gasteiger charge is 2.17. The summed E-state index contributed by atoms with van der Waals surface area (Å²) in [5.74, 6) is 2.31. The molecule has 33 heavy (non-hydrogen) atoms. The summed E-state index contributed by atoms with van der Waals surface area (Å²) in [6.45, 7) is 2.08. The van der Waals surface area contributed by atoms with Gasteiger partial charge in [0.05, 0.1) is 12.8 Å². The molecule has 0 fully saturated rings. The van der Waals surface area contributed by atoms with Crippen molar-refractivity contribution in [2.45, 2.75) is 17.8 Å². The van der Waals surface area contributed by atoms with Crippen LogP contribution in [0.25, 0.3) is 27.6 Å². The lowest BCUT2D eigenvalue weighted by molar-refractivity contribution is 0.415. The Hall–Kier alpha value is -3.49. The van der Waals surface area contributed by atoms with Crippen LogP contribution in [0.3, 0.4) is 0 Å². The number of benzene rings is 2. The monoisotopic (exact) mass is 471 g/mol. The van der Waals surface area contributed by atoms with Gasteiger partial charge >= 0.3 is 0 Å². The minimum Gasteiger partial charge on any atom is -0.497 e. The number of hydrogen-bond acceptors (Lipinski definition) is 7. The van der Waals surface area contributed by atoms with E-state index in [0.717, 1.165) is 44.2 Å². The molecule has 0 spiro atoms. The van der Waals surface area contributed by atoms with Crippen molar-refractivity contribution >= 4 is 23.1 Å². The van der Waals surface area contributed by atoms with Crippen LogP contribution in [0.5, 0.6) is 5.75 Å². The molecule has 0 radical (unpaired) electrons. The molecule has 0 N–H and O–H groups in total. The number of rotatable bonds is 7. The number of methoxy groups -OCH3 is 1. The minimum absolute atomic E-state index is 0.695. The van der Waals surface area contributed by atoms with Crippen LogP contribution < -0.4 is 4.74 Å². The maximum absolute atomic E-state index is 5.34. The number of aryl methyl sites for hydroxylation is 1. The highest BCUT2D eigenvalue weighted by Crippen LogP contribution is 2.32. The Balaban J connectivity index is 1.43. The van der Waals surface area contributed by atoms with E-state index in [-0.39, 0.29) is 0 Å². The summed E-state index contributed by atoms with van der Waals surface area (Å²) in [5.41, 5.74) is 5.26. The molecule has 164 valence electrons. The van der Waals surface area contributed by atoms with E-state index in [1.165, 1.54) is 5.56 Å². The van der Waals surface area contributed by atoms with Crippen molar-refractivity contribution in [3.05, 3.63) is 89.7 Å². The molecule has 8 heteroatoms. The fourth-order valence-corrected chi connectivity index (χ4v) is 5.15. The zero-order valence-electron chi connectivity index (χ0n) is 18.2. The van der Waals surface area contributed by atoms with E-state index in [1.807, 2.05) is 36.4 Å². The van der Waals surface area contributed by atoms with E-state index < -0.39 is 0 Å². The first-order valence-electron chi connectivity index (χ1n) is 10.4. The molecule has 0 amide bonds.